The topological polar surface area (TPSA) is 134 Å². The summed E-state index contributed by atoms with van der Waals surface area (Å²) in [5.74, 6) is -0.210. The molecule has 1 aromatic rings. The van der Waals surface area contributed by atoms with Gasteiger partial charge >= 0.3 is 0 Å². The van der Waals surface area contributed by atoms with Crippen molar-refractivity contribution in [2.75, 3.05) is 52.7 Å². The lowest BCUT2D eigenvalue weighted by Crippen LogP contribution is -2.41. The van der Waals surface area contributed by atoms with E-state index in [2.05, 4.69) is 15.3 Å². The molecule has 166 valence electrons. The first-order valence-electron chi connectivity index (χ1n) is 10.4. The van der Waals surface area contributed by atoms with Gasteiger partial charge in [0.15, 0.2) is 0 Å². The molecular weight excluding hydrogens is 386 g/mol. The Hall–Kier alpha value is -2.33. The van der Waals surface area contributed by atoms with Gasteiger partial charge in [0, 0.05) is 30.2 Å². The molecule has 0 saturated heterocycles. The van der Waals surface area contributed by atoms with Crippen LogP contribution in [0.3, 0.4) is 0 Å². The van der Waals surface area contributed by atoms with Crippen molar-refractivity contribution in [3.8, 4) is 0 Å². The molecule has 9 nitrogen and oxygen atoms in total. The number of ether oxygens (including phenoxy) is 3. The summed E-state index contributed by atoms with van der Waals surface area (Å²) in [6.07, 6.45) is 5.74. The van der Waals surface area contributed by atoms with Crippen LogP contribution in [-0.4, -0.2) is 75.4 Å². The van der Waals surface area contributed by atoms with Crippen molar-refractivity contribution in [1.82, 2.24) is 10.3 Å². The largest absolute Gasteiger partial charge is 0.404 e. The van der Waals surface area contributed by atoms with E-state index in [1.807, 2.05) is 0 Å². The fraction of sp³-hybridized carbons (Fsp3) is 0.571. The molecular formula is C21H33N5O4. The maximum absolute atomic E-state index is 12.4. The lowest BCUT2D eigenvalue weighted by molar-refractivity contribution is 0.0175. The Bertz CT molecular complexity index is 681. The van der Waals surface area contributed by atoms with Gasteiger partial charge < -0.3 is 31.0 Å². The number of carbonyl (C=O) groups excluding carboxylic acids is 1. The lowest BCUT2D eigenvalue weighted by Gasteiger charge is -2.27. The molecule has 0 radical (unpaired) electrons. The van der Waals surface area contributed by atoms with Gasteiger partial charge in [-0.15, -0.1) is 0 Å². The van der Waals surface area contributed by atoms with Crippen LogP contribution in [0.4, 0.5) is 0 Å². The Kier molecular flexibility index (Phi) is 11.7. The van der Waals surface area contributed by atoms with Gasteiger partial charge in [-0.05, 0) is 31.4 Å². The van der Waals surface area contributed by atoms with Gasteiger partial charge in [-0.25, -0.2) is 0 Å². The molecule has 30 heavy (non-hydrogen) atoms. The third kappa shape index (κ3) is 8.58. The summed E-state index contributed by atoms with van der Waals surface area (Å²) in [5, 5.41) is 3.01. The van der Waals surface area contributed by atoms with Crippen LogP contribution < -0.4 is 16.8 Å². The standard InChI is InChI=1S/C21H33N5O4/c22-7-10-28-12-14-30-15-13-29-11-9-25-18-5-3-6-19(17(18)16-23)26-21(27)20-4-1-2-8-24-20/h1-2,4,8,16,19H,3,5-7,9-15,22-23H2,(H,26,27)/b17-16+,25-18?. The molecule has 0 spiro atoms. The van der Waals surface area contributed by atoms with E-state index < -0.39 is 0 Å². The predicted molar refractivity (Wildman–Crippen MR) is 115 cm³/mol. The molecule has 2 rings (SSSR count). The zero-order valence-electron chi connectivity index (χ0n) is 17.4. The van der Waals surface area contributed by atoms with Gasteiger partial charge in [0.05, 0.1) is 52.2 Å². The summed E-state index contributed by atoms with van der Waals surface area (Å²) in [5.41, 5.74) is 13.4. The van der Waals surface area contributed by atoms with E-state index in [0.717, 1.165) is 30.5 Å². The number of pyridine rings is 1. The average molecular weight is 420 g/mol. The molecule has 1 fully saturated rings. The van der Waals surface area contributed by atoms with Crippen LogP contribution in [0.25, 0.3) is 0 Å². The lowest BCUT2D eigenvalue weighted by atomic mass is 9.88. The molecule has 1 unspecified atom stereocenters. The molecule has 1 aliphatic rings. The van der Waals surface area contributed by atoms with Crippen LogP contribution in [0.1, 0.15) is 29.8 Å². The number of hydrogen-bond donors (Lipinski definition) is 3. The van der Waals surface area contributed by atoms with E-state index in [1.165, 1.54) is 0 Å². The first-order valence-corrected chi connectivity index (χ1v) is 10.4. The molecule has 1 heterocycles. The molecule has 0 bridgehead atoms. The van der Waals surface area contributed by atoms with Crippen molar-refractivity contribution in [2.45, 2.75) is 25.3 Å². The Morgan fingerprint density at radius 2 is 1.90 bits per heavy atom. The minimum absolute atomic E-state index is 0.159. The van der Waals surface area contributed by atoms with Crippen molar-refractivity contribution in [2.24, 2.45) is 16.5 Å². The van der Waals surface area contributed by atoms with Crippen LogP contribution in [-0.2, 0) is 14.2 Å². The second kappa shape index (κ2) is 14.6. The Labute approximate surface area is 177 Å². The van der Waals surface area contributed by atoms with E-state index >= 15 is 0 Å². The van der Waals surface area contributed by atoms with Crippen molar-refractivity contribution in [3.63, 3.8) is 0 Å². The Morgan fingerprint density at radius 3 is 2.57 bits per heavy atom. The molecule has 1 saturated carbocycles. The number of carbonyl (C=O) groups is 1. The molecule has 1 atom stereocenters. The van der Waals surface area contributed by atoms with Gasteiger partial charge in [0.2, 0.25) is 0 Å². The first kappa shape index (κ1) is 23.9. The van der Waals surface area contributed by atoms with Crippen LogP contribution in [0.15, 0.2) is 41.2 Å². The molecule has 0 aliphatic heterocycles. The van der Waals surface area contributed by atoms with Crippen LogP contribution in [0.5, 0.6) is 0 Å². The molecule has 1 amide bonds. The number of hydrogen-bond acceptors (Lipinski definition) is 8. The monoisotopic (exact) mass is 419 g/mol. The fourth-order valence-electron chi connectivity index (χ4n) is 3.11. The van der Waals surface area contributed by atoms with E-state index in [0.29, 0.717) is 58.4 Å². The molecule has 5 N–H and O–H groups in total. The van der Waals surface area contributed by atoms with Crippen molar-refractivity contribution in [3.05, 3.63) is 41.9 Å². The maximum atomic E-state index is 12.4. The molecule has 1 aliphatic carbocycles. The summed E-state index contributed by atoms with van der Waals surface area (Å²) in [6.45, 7) is 4.19. The predicted octanol–water partition coefficient (Wildman–Crippen LogP) is 0.656. The van der Waals surface area contributed by atoms with Crippen molar-refractivity contribution >= 4 is 11.6 Å². The second-order valence-corrected chi connectivity index (χ2v) is 6.71. The Morgan fingerprint density at radius 1 is 1.17 bits per heavy atom. The molecule has 0 aromatic carbocycles. The number of nitrogens with one attached hydrogen (secondary N) is 1. The summed E-state index contributed by atoms with van der Waals surface area (Å²) in [7, 11) is 0. The third-order valence-electron chi connectivity index (χ3n) is 4.54. The van der Waals surface area contributed by atoms with Gasteiger partial charge in [0.1, 0.15) is 5.69 Å². The van der Waals surface area contributed by atoms with Gasteiger partial charge in [-0.1, -0.05) is 6.07 Å². The van der Waals surface area contributed by atoms with Crippen LogP contribution >= 0.6 is 0 Å². The SMILES string of the molecule is N/C=C1\C(=NCCOCCOCCOCCN)CCCC1NC(=O)c1ccccn1. The number of aromatic nitrogens is 1. The van der Waals surface area contributed by atoms with E-state index in [9.17, 15) is 4.79 Å². The van der Waals surface area contributed by atoms with Crippen LogP contribution in [0, 0.1) is 0 Å². The minimum atomic E-state index is -0.210. The second-order valence-electron chi connectivity index (χ2n) is 6.71. The quantitative estimate of drug-likeness (QED) is 0.400. The highest BCUT2D eigenvalue weighted by molar-refractivity contribution is 6.03. The average Bonchev–Trinajstić information content (AvgIpc) is 2.78. The highest BCUT2D eigenvalue weighted by atomic mass is 16.5. The number of nitrogens with two attached hydrogens (primary N) is 2. The summed E-state index contributed by atoms with van der Waals surface area (Å²) >= 11 is 0. The third-order valence-corrected chi connectivity index (χ3v) is 4.54. The normalized spacial score (nSPS) is 19.3. The van der Waals surface area contributed by atoms with Gasteiger partial charge in [0.25, 0.3) is 5.91 Å². The van der Waals surface area contributed by atoms with Gasteiger partial charge in [-0.3, -0.25) is 14.8 Å². The molecule has 9 heteroatoms. The summed E-state index contributed by atoms with van der Waals surface area (Å²) in [4.78, 5) is 21.1. The number of nitrogens with zero attached hydrogens (tertiary/aromatic N) is 2. The number of amides is 1. The summed E-state index contributed by atoms with van der Waals surface area (Å²) in [6, 6.07) is 5.09. The minimum Gasteiger partial charge on any atom is -0.404 e. The smallest absolute Gasteiger partial charge is 0.270 e. The number of aliphatic imine (C=N–C) groups is 1. The van der Waals surface area contributed by atoms with E-state index in [1.54, 1.807) is 30.6 Å². The Balaban J connectivity index is 1.69. The summed E-state index contributed by atoms with van der Waals surface area (Å²) < 4.78 is 16.2. The first-order chi connectivity index (χ1) is 14.8. The van der Waals surface area contributed by atoms with E-state index in [-0.39, 0.29) is 11.9 Å². The number of rotatable bonds is 13. The maximum Gasteiger partial charge on any atom is 0.270 e. The highest BCUT2D eigenvalue weighted by Crippen LogP contribution is 2.21. The van der Waals surface area contributed by atoms with E-state index in [4.69, 9.17) is 25.7 Å². The van der Waals surface area contributed by atoms with Gasteiger partial charge in [-0.2, -0.15) is 0 Å². The van der Waals surface area contributed by atoms with Crippen molar-refractivity contribution < 1.29 is 19.0 Å². The highest BCUT2D eigenvalue weighted by Gasteiger charge is 2.25. The zero-order chi connectivity index (χ0) is 21.4. The fourth-order valence-corrected chi connectivity index (χ4v) is 3.11. The molecule has 1 aromatic heterocycles. The zero-order valence-corrected chi connectivity index (χ0v) is 17.4. The van der Waals surface area contributed by atoms with Crippen molar-refractivity contribution in [1.29, 1.82) is 0 Å². The van der Waals surface area contributed by atoms with Crippen LogP contribution in [0.2, 0.25) is 0 Å².